The molecule has 3 aromatic rings. The van der Waals surface area contributed by atoms with Gasteiger partial charge in [-0.05, 0) is 36.4 Å². The number of amides is 2. The molecule has 3 atom stereocenters. The van der Waals surface area contributed by atoms with Gasteiger partial charge >= 0.3 is 0 Å². The number of aromatic hydroxyl groups is 1. The fourth-order valence-corrected chi connectivity index (χ4v) is 4.72. The van der Waals surface area contributed by atoms with Gasteiger partial charge in [-0.2, -0.15) is 0 Å². The lowest BCUT2D eigenvalue weighted by Gasteiger charge is -2.29. The Morgan fingerprint density at radius 2 is 1.67 bits per heavy atom. The Hall–Kier alpha value is -3.76. The number of carbonyl (C=O) groups excluding carboxylic acids is 2. The lowest BCUT2D eigenvalue weighted by molar-refractivity contribution is -0.384. The van der Waals surface area contributed by atoms with E-state index >= 15 is 0 Å². The van der Waals surface area contributed by atoms with Crippen molar-refractivity contribution in [2.24, 2.45) is 5.92 Å². The monoisotopic (exact) mass is 509 g/mol. The van der Waals surface area contributed by atoms with Crippen LogP contribution in [0.15, 0.2) is 77.3 Å². The molecule has 166 valence electrons. The van der Waals surface area contributed by atoms with Crippen molar-refractivity contribution in [3.8, 4) is 5.75 Å². The Labute approximate surface area is 196 Å². The van der Waals surface area contributed by atoms with Gasteiger partial charge in [0, 0.05) is 16.1 Å². The zero-order chi connectivity index (χ0) is 23.3. The molecule has 1 N–H and O–H groups in total. The smallest absolute Gasteiger partial charge is 0.293 e. The van der Waals surface area contributed by atoms with Crippen molar-refractivity contribution < 1.29 is 24.5 Å². The number of phenols is 1. The van der Waals surface area contributed by atoms with Gasteiger partial charge in [0.2, 0.25) is 5.91 Å². The molecule has 2 amide bonds. The van der Waals surface area contributed by atoms with Crippen molar-refractivity contribution in [3.05, 3.63) is 92.9 Å². The number of imide groups is 1. The van der Waals surface area contributed by atoms with Gasteiger partial charge in [0.05, 0.1) is 16.7 Å². The topological polar surface area (TPSA) is 113 Å². The van der Waals surface area contributed by atoms with E-state index < -0.39 is 34.8 Å². The molecular weight excluding hydrogens is 494 g/mol. The summed E-state index contributed by atoms with van der Waals surface area (Å²) in [5.41, 5.74) is 0.500. The Kier molecular flexibility index (Phi) is 5.10. The first-order valence-corrected chi connectivity index (χ1v) is 10.8. The van der Waals surface area contributed by atoms with Crippen molar-refractivity contribution in [1.82, 2.24) is 0 Å². The van der Waals surface area contributed by atoms with Gasteiger partial charge in [-0.1, -0.05) is 46.3 Å². The quantitative estimate of drug-likeness (QED) is 0.319. The van der Waals surface area contributed by atoms with Crippen LogP contribution in [0.2, 0.25) is 0 Å². The number of hydrogen-bond donors (Lipinski definition) is 1. The van der Waals surface area contributed by atoms with E-state index in [-0.39, 0.29) is 17.1 Å². The van der Waals surface area contributed by atoms with Crippen LogP contribution in [0.3, 0.4) is 0 Å². The predicted octanol–water partition coefficient (Wildman–Crippen LogP) is 4.11. The van der Waals surface area contributed by atoms with Crippen LogP contribution in [0.1, 0.15) is 11.6 Å². The second-order valence-electron chi connectivity index (χ2n) is 7.62. The maximum absolute atomic E-state index is 13.6. The van der Waals surface area contributed by atoms with E-state index in [9.17, 15) is 24.8 Å². The second-order valence-corrected chi connectivity index (χ2v) is 8.53. The van der Waals surface area contributed by atoms with Gasteiger partial charge in [0.25, 0.3) is 11.6 Å². The van der Waals surface area contributed by atoms with Crippen LogP contribution < -0.4 is 9.96 Å². The molecular formula is C23H16BrN3O6. The first-order chi connectivity index (χ1) is 15.9. The van der Waals surface area contributed by atoms with Gasteiger partial charge in [0.1, 0.15) is 17.4 Å². The molecule has 0 saturated carbocycles. The van der Waals surface area contributed by atoms with Crippen LogP contribution >= 0.6 is 15.9 Å². The number of hydrogen-bond acceptors (Lipinski definition) is 7. The number of para-hydroxylation sites is 3. The molecule has 0 bridgehead atoms. The summed E-state index contributed by atoms with van der Waals surface area (Å²) in [4.78, 5) is 44.6. The third-order valence-corrected chi connectivity index (χ3v) is 6.25. The van der Waals surface area contributed by atoms with Crippen molar-refractivity contribution in [2.75, 3.05) is 9.96 Å². The van der Waals surface area contributed by atoms with Crippen molar-refractivity contribution in [2.45, 2.75) is 12.1 Å². The minimum Gasteiger partial charge on any atom is -0.508 e. The maximum atomic E-state index is 13.6. The number of nitro groups is 1. The standard InChI is InChI=1S/C23H16BrN3O6/c24-13-10-11-18(28)15(12-13)20-19-21(33-26(20)14-6-2-1-3-7-14)23(30)25(22(19)29)16-8-4-5-9-17(16)27(31)32/h1-12,19-21,28H. The molecule has 0 radical (unpaired) electrons. The highest BCUT2D eigenvalue weighted by Crippen LogP contribution is 2.50. The average Bonchev–Trinajstić information content (AvgIpc) is 3.32. The molecule has 2 heterocycles. The molecule has 3 aromatic carbocycles. The fourth-order valence-electron chi connectivity index (χ4n) is 4.34. The first kappa shape index (κ1) is 21.1. The number of carbonyl (C=O) groups is 2. The first-order valence-electron chi connectivity index (χ1n) is 9.99. The number of anilines is 2. The van der Waals surface area contributed by atoms with Crippen molar-refractivity contribution in [3.63, 3.8) is 0 Å². The Morgan fingerprint density at radius 3 is 2.39 bits per heavy atom. The zero-order valence-corrected chi connectivity index (χ0v) is 18.5. The molecule has 0 aliphatic carbocycles. The highest BCUT2D eigenvalue weighted by molar-refractivity contribution is 9.10. The van der Waals surface area contributed by atoms with Crippen LogP contribution in [-0.2, 0) is 14.4 Å². The molecule has 0 spiro atoms. The van der Waals surface area contributed by atoms with Gasteiger partial charge in [-0.25, -0.2) is 9.96 Å². The Balaban J connectivity index is 1.64. The molecule has 3 unspecified atom stereocenters. The third-order valence-electron chi connectivity index (χ3n) is 5.75. The SMILES string of the molecule is O=C1C2ON(c3ccccc3)C(c3cc(Br)ccc3O)C2C(=O)N1c1ccccc1[N+](=O)[O-]. The minimum absolute atomic E-state index is 0.0715. The number of nitrogens with zero attached hydrogens (tertiary/aromatic N) is 3. The van der Waals surface area contributed by atoms with Crippen molar-refractivity contribution >= 4 is 44.8 Å². The lowest BCUT2D eigenvalue weighted by atomic mass is 9.90. The van der Waals surface area contributed by atoms with Crippen LogP contribution in [0.25, 0.3) is 0 Å². The number of phenolic OH excluding ortho intramolecular Hbond substituents is 1. The molecule has 33 heavy (non-hydrogen) atoms. The number of hydroxylamine groups is 1. The molecule has 2 aliphatic heterocycles. The van der Waals surface area contributed by atoms with Gasteiger partial charge < -0.3 is 5.11 Å². The van der Waals surface area contributed by atoms with E-state index in [1.807, 2.05) is 6.07 Å². The van der Waals surface area contributed by atoms with Gasteiger partial charge in [-0.15, -0.1) is 0 Å². The molecule has 10 heteroatoms. The molecule has 2 aliphatic rings. The summed E-state index contributed by atoms with van der Waals surface area (Å²) in [5.74, 6) is -2.44. The normalized spacial score (nSPS) is 22.0. The van der Waals surface area contributed by atoms with Gasteiger partial charge in [-0.3, -0.25) is 24.5 Å². The highest BCUT2D eigenvalue weighted by Gasteiger charge is 2.61. The fraction of sp³-hybridized carbons (Fsp3) is 0.130. The predicted molar refractivity (Wildman–Crippen MR) is 121 cm³/mol. The molecule has 9 nitrogen and oxygen atoms in total. The summed E-state index contributed by atoms with van der Waals surface area (Å²) in [7, 11) is 0. The summed E-state index contributed by atoms with van der Waals surface area (Å²) in [5, 5.41) is 23.6. The number of rotatable bonds is 4. The van der Waals surface area contributed by atoms with Gasteiger partial charge in [0.15, 0.2) is 6.10 Å². The summed E-state index contributed by atoms with van der Waals surface area (Å²) >= 11 is 3.39. The number of fused-ring (bicyclic) bond motifs is 1. The molecule has 2 saturated heterocycles. The molecule has 2 fully saturated rings. The van der Waals surface area contributed by atoms with E-state index in [4.69, 9.17) is 4.84 Å². The maximum Gasteiger partial charge on any atom is 0.293 e. The summed E-state index contributed by atoms with van der Waals surface area (Å²) in [6.45, 7) is 0. The Morgan fingerprint density at radius 1 is 0.970 bits per heavy atom. The van der Waals surface area contributed by atoms with Crippen LogP contribution in [0, 0.1) is 16.0 Å². The largest absolute Gasteiger partial charge is 0.508 e. The van der Waals surface area contributed by atoms with Crippen molar-refractivity contribution in [1.29, 1.82) is 0 Å². The second kappa shape index (κ2) is 7.98. The average molecular weight is 510 g/mol. The van der Waals surface area contributed by atoms with E-state index in [0.717, 1.165) is 4.90 Å². The number of benzene rings is 3. The third kappa shape index (κ3) is 3.35. The van der Waals surface area contributed by atoms with E-state index in [1.54, 1.807) is 36.4 Å². The number of nitro benzene ring substituents is 1. The van der Waals surface area contributed by atoms with E-state index in [2.05, 4.69) is 15.9 Å². The minimum atomic E-state index is -1.21. The molecule has 0 aromatic heterocycles. The van der Waals surface area contributed by atoms with Crippen LogP contribution in [0.4, 0.5) is 17.1 Å². The number of halogens is 1. The molecule has 5 rings (SSSR count). The summed E-state index contributed by atoms with van der Waals surface area (Å²) < 4.78 is 0.666. The summed E-state index contributed by atoms with van der Waals surface area (Å²) in [6, 6.07) is 18.4. The van der Waals surface area contributed by atoms with Crippen LogP contribution in [0.5, 0.6) is 5.75 Å². The summed E-state index contributed by atoms with van der Waals surface area (Å²) in [6.07, 6.45) is -1.21. The van der Waals surface area contributed by atoms with Crippen LogP contribution in [-0.4, -0.2) is 27.9 Å². The van der Waals surface area contributed by atoms with E-state index in [0.29, 0.717) is 15.7 Å². The Bertz CT molecular complexity index is 1280. The lowest BCUT2D eigenvalue weighted by Crippen LogP contribution is -2.37. The highest BCUT2D eigenvalue weighted by atomic mass is 79.9. The zero-order valence-electron chi connectivity index (χ0n) is 16.9. The van der Waals surface area contributed by atoms with E-state index in [1.165, 1.54) is 35.4 Å².